The number of ether oxygens (including phenoxy) is 1. The summed E-state index contributed by atoms with van der Waals surface area (Å²) in [5.41, 5.74) is 11.3. The van der Waals surface area contributed by atoms with Crippen molar-refractivity contribution in [3.05, 3.63) is 115 Å². The van der Waals surface area contributed by atoms with E-state index in [-0.39, 0.29) is 34.5 Å². The van der Waals surface area contributed by atoms with Crippen molar-refractivity contribution >= 4 is 39.0 Å². The van der Waals surface area contributed by atoms with E-state index in [0.717, 1.165) is 22.3 Å². The largest absolute Gasteiger partial charge is 0.487 e. The summed E-state index contributed by atoms with van der Waals surface area (Å²) in [5, 5.41) is 10.5. The van der Waals surface area contributed by atoms with Crippen LogP contribution < -0.4 is 15.4 Å². The second-order valence-electron chi connectivity index (χ2n) is 9.91. The maximum atomic E-state index is 15.2. The first-order chi connectivity index (χ1) is 19.1. The molecule has 204 valence electrons. The number of ketones is 1. The average molecular weight is 625 g/mol. The number of benzene rings is 3. The maximum Gasteiger partial charge on any atom is 0.161 e. The first kappa shape index (κ1) is 27.9. The standard InChI is InChI=1S/C31H25BrClF2N3O2/c1-16-10-18(15-40-28-9-7-20(34)13-23(28)33)17(2)21(11-16)29-22(14-36)31(37)38(25-8-6-19(32)12-24(25)35)26-4-3-5-27(39)30(26)29/h6-13,29H,3-5,15,37H2,1-2H3. The number of nitrogens with zero attached hydrogens (tertiary/aromatic N) is 2. The molecule has 2 N–H and O–H groups in total. The Balaban J connectivity index is 1.64. The van der Waals surface area contributed by atoms with Gasteiger partial charge in [-0.3, -0.25) is 9.69 Å². The number of hydrogen-bond acceptors (Lipinski definition) is 5. The van der Waals surface area contributed by atoms with Gasteiger partial charge in [-0.1, -0.05) is 45.2 Å². The van der Waals surface area contributed by atoms with Crippen molar-refractivity contribution in [2.24, 2.45) is 5.73 Å². The Hall–Kier alpha value is -3.67. The fourth-order valence-electron chi connectivity index (χ4n) is 5.50. The molecule has 1 aliphatic carbocycles. The summed E-state index contributed by atoms with van der Waals surface area (Å²) in [7, 11) is 0. The summed E-state index contributed by atoms with van der Waals surface area (Å²) in [6, 6.07) is 14.7. The zero-order valence-corrected chi connectivity index (χ0v) is 24.2. The molecule has 0 bridgehead atoms. The van der Waals surface area contributed by atoms with E-state index >= 15 is 4.39 Å². The number of aryl methyl sites for hydroxylation is 1. The van der Waals surface area contributed by atoms with Crippen LogP contribution in [0.4, 0.5) is 14.5 Å². The van der Waals surface area contributed by atoms with Gasteiger partial charge in [0, 0.05) is 22.2 Å². The monoisotopic (exact) mass is 623 g/mol. The molecule has 0 saturated carbocycles. The predicted octanol–water partition coefficient (Wildman–Crippen LogP) is 7.88. The zero-order chi connectivity index (χ0) is 28.7. The highest BCUT2D eigenvalue weighted by Gasteiger charge is 2.41. The molecule has 0 amide bonds. The third-order valence-electron chi connectivity index (χ3n) is 7.35. The van der Waals surface area contributed by atoms with Gasteiger partial charge >= 0.3 is 0 Å². The van der Waals surface area contributed by atoms with Gasteiger partial charge in [-0.15, -0.1) is 0 Å². The van der Waals surface area contributed by atoms with E-state index in [0.29, 0.717) is 40.8 Å². The van der Waals surface area contributed by atoms with Gasteiger partial charge in [-0.25, -0.2) is 8.78 Å². The van der Waals surface area contributed by atoms with Crippen LogP contribution in [0.2, 0.25) is 5.02 Å². The van der Waals surface area contributed by atoms with Crippen LogP contribution in [0.15, 0.2) is 75.7 Å². The fourth-order valence-corrected chi connectivity index (χ4v) is 6.05. The van der Waals surface area contributed by atoms with E-state index in [2.05, 4.69) is 22.0 Å². The zero-order valence-electron chi connectivity index (χ0n) is 21.8. The highest BCUT2D eigenvalue weighted by atomic mass is 79.9. The molecule has 0 aromatic heterocycles. The molecule has 1 aliphatic heterocycles. The number of anilines is 1. The highest BCUT2D eigenvalue weighted by Crippen LogP contribution is 2.48. The summed E-state index contributed by atoms with van der Waals surface area (Å²) in [6.45, 7) is 3.95. The predicted molar refractivity (Wildman–Crippen MR) is 154 cm³/mol. The molecule has 0 fully saturated rings. The Kier molecular flexibility index (Phi) is 7.72. The van der Waals surface area contributed by atoms with E-state index in [4.69, 9.17) is 22.1 Å². The first-order valence-electron chi connectivity index (χ1n) is 12.7. The second kappa shape index (κ2) is 11.1. The Morgan fingerprint density at radius 1 is 1.15 bits per heavy atom. The molecular weight excluding hydrogens is 600 g/mol. The maximum absolute atomic E-state index is 15.2. The van der Waals surface area contributed by atoms with Crippen LogP contribution in [0, 0.1) is 36.8 Å². The number of rotatable bonds is 5. The van der Waals surface area contributed by atoms with Crippen molar-refractivity contribution in [2.45, 2.75) is 45.6 Å². The van der Waals surface area contributed by atoms with Crippen LogP contribution in [0.25, 0.3) is 0 Å². The molecule has 5 nitrogen and oxygen atoms in total. The quantitative estimate of drug-likeness (QED) is 0.312. The van der Waals surface area contributed by atoms with Gasteiger partial charge in [0.15, 0.2) is 5.78 Å². The number of Topliss-reactive ketones (excluding diaryl/α,β-unsaturated/α-hetero) is 1. The minimum Gasteiger partial charge on any atom is -0.487 e. The van der Waals surface area contributed by atoms with Gasteiger partial charge in [0.05, 0.1) is 28.3 Å². The smallest absolute Gasteiger partial charge is 0.161 e. The lowest BCUT2D eigenvalue weighted by Gasteiger charge is -2.40. The fraction of sp³-hybridized carbons (Fsp3) is 0.226. The summed E-state index contributed by atoms with van der Waals surface area (Å²) in [4.78, 5) is 15.0. The third-order valence-corrected chi connectivity index (χ3v) is 8.14. The molecule has 5 rings (SSSR count). The van der Waals surface area contributed by atoms with E-state index in [1.165, 1.54) is 29.2 Å². The molecule has 0 radical (unpaired) electrons. The lowest BCUT2D eigenvalue weighted by molar-refractivity contribution is -0.116. The number of allylic oxidation sites excluding steroid dienone is 3. The van der Waals surface area contributed by atoms with E-state index < -0.39 is 17.6 Å². The number of nitriles is 1. The van der Waals surface area contributed by atoms with Crippen LogP contribution in [-0.4, -0.2) is 5.78 Å². The van der Waals surface area contributed by atoms with Crippen LogP contribution >= 0.6 is 27.5 Å². The normalized spacial score (nSPS) is 17.2. The lowest BCUT2D eigenvalue weighted by atomic mass is 9.73. The third kappa shape index (κ3) is 5.00. The molecule has 1 heterocycles. The molecule has 3 aromatic carbocycles. The second-order valence-corrected chi connectivity index (χ2v) is 11.2. The van der Waals surface area contributed by atoms with Crippen LogP contribution in [0.1, 0.15) is 47.4 Å². The summed E-state index contributed by atoms with van der Waals surface area (Å²) >= 11 is 9.43. The van der Waals surface area contributed by atoms with E-state index in [9.17, 15) is 14.4 Å². The van der Waals surface area contributed by atoms with E-state index in [1.807, 2.05) is 26.0 Å². The minimum absolute atomic E-state index is 0.0918. The number of halogens is 4. The Morgan fingerprint density at radius 3 is 2.62 bits per heavy atom. The molecule has 0 spiro atoms. The van der Waals surface area contributed by atoms with Crippen molar-refractivity contribution in [1.82, 2.24) is 0 Å². The topological polar surface area (TPSA) is 79.3 Å². The molecule has 3 aromatic rings. The summed E-state index contributed by atoms with van der Waals surface area (Å²) in [6.07, 6.45) is 1.43. The Bertz CT molecular complexity index is 1660. The first-order valence-corrected chi connectivity index (χ1v) is 13.9. The van der Waals surface area contributed by atoms with Crippen molar-refractivity contribution < 1.29 is 18.3 Å². The average Bonchev–Trinajstić information content (AvgIpc) is 2.90. The van der Waals surface area contributed by atoms with Crippen molar-refractivity contribution in [3.8, 4) is 11.8 Å². The molecule has 9 heteroatoms. The van der Waals surface area contributed by atoms with Crippen LogP contribution in [0.3, 0.4) is 0 Å². The van der Waals surface area contributed by atoms with Gasteiger partial charge in [-0.05, 0) is 79.8 Å². The van der Waals surface area contributed by atoms with Crippen molar-refractivity contribution in [2.75, 3.05) is 4.90 Å². The molecule has 1 atom stereocenters. The van der Waals surface area contributed by atoms with Crippen molar-refractivity contribution in [1.29, 1.82) is 5.26 Å². The van der Waals surface area contributed by atoms with E-state index in [1.54, 1.807) is 12.1 Å². The minimum atomic E-state index is -0.712. The number of hydrogen-bond donors (Lipinski definition) is 1. The SMILES string of the molecule is Cc1cc(COc2ccc(F)cc2Cl)c(C)c(C2C(C#N)=C(N)N(c3ccc(Br)cc3F)C3=C2C(=O)CCC3)c1. The number of carbonyl (C=O) groups excluding carboxylic acids is 1. The van der Waals surface area contributed by atoms with Gasteiger partial charge < -0.3 is 10.5 Å². The van der Waals surface area contributed by atoms with Gasteiger partial charge in [-0.2, -0.15) is 5.26 Å². The lowest BCUT2D eigenvalue weighted by Crippen LogP contribution is -2.39. The van der Waals surface area contributed by atoms with Crippen LogP contribution in [0.5, 0.6) is 5.75 Å². The molecule has 2 aliphatic rings. The van der Waals surface area contributed by atoms with Gasteiger partial charge in [0.25, 0.3) is 0 Å². The van der Waals surface area contributed by atoms with Crippen LogP contribution in [-0.2, 0) is 11.4 Å². The molecule has 1 unspecified atom stereocenters. The molecule has 0 saturated heterocycles. The Labute approximate surface area is 244 Å². The highest BCUT2D eigenvalue weighted by molar-refractivity contribution is 9.10. The van der Waals surface area contributed by atoms with Crippen molar-refractivity contribution in [3.63, 3.8) is 0 Å². The number of carbonyl (C=O) groups is 1. The van der Waals surface area contributed by atoms with Gasteiger partial charge in [0.1, 0.15) is 29.8 Å². The number of nitrogens with two attached hydrogens (primary N) is 1. The van der Waals surface area contributed by atoms with Gasteiger partial charge in [0.2, 0.25) is 0 Å². The molecular formula is C31H25BrClF2N3O2. The Morgan fingerprint density at radius 2 is 1.93 bits per heavy atom. The summed E-state index contributed by atoms with van der Waals surface area (Å²) in [5.74, 6) is -1.36. The summed E-state index contributed by atoms with van der Waals surface area (Å²) < 4.78 is 35.2. The molecule has 40 heavy (non-hydrogen) atoms.